The number of carbonyl (C=O) groups is 1. The maximum Gasteiger partial charge on any atom is 0.253 e. The van der Waals surface area contributed by atoms with Crippen LogP contribution in [-0.4, -0.2) is 20.6 Å². The summed E-state index contributed by atoms with van der Waals surface area (Å²) in [5.41, 5.74) is 3.64. The number of amides is 1. The first-order valence-electron chi connectivity index (χ1n) is 9.74. The Morgan fingerprint density at radius 3 is 2.17 bits per heavy atom. The van der Waals surface area contributed by atoms with Gasteiger partial charge in [0.2, 0.25) is 10.0 Å². The summed E-state index contributed by atoms with van der Waals surface area (Å²) in [4.78, 5) is 13.1. The second-order valence-electron chi connectivity index (χ2n) is 7.38. The number of hydrogen-bond acceptors (Lipinski definition) is 3. The monoisotopic (exact) mass is 422 g/mol. The van der Waals surface area contributed by atoms with Gasteiger partial charge in [0.15, 0.2) is 0 Å². The summed E-state index contributed by atoms with van der Waals surface area (Å²) in [5, 5.41) is 2.98. The quantitative estimate of drug-likeness (QED) is 0.612. The van der Waals surface area contributed by atoms with Crippen molar-refractivity contribution in [1.29, 1.82) is 0 Å². The summed E-state index contributed by atoms with van der Waals surface area (Å²) in [7, 11) is -3.60. The zero-order chi connectivity index (χ0) is 21.7. The van der Waals surface area contributed by atoms with Gasteiger partial charge in [0.25, 0.3) is 5.91 Å². The van der Waals surface area contributed by atoms with Gasteiger partial charge in [0, 0.05) is 0 Å². The predicted octanol–water partition coefficient (Wildman–Crippen LogP) is 4.45. The lowest BCUT2D eigenvalue weighted by atomic mass is 10.1. The van der Waals surface area contributed by atoms with Gasteiger partial charge in [0.05, 0.1) is 30.1 Å². The van der Waals surface area contributed by atoms with Gasteiger partial charge in [-0.2, -0.15) is 0 Å². The highest BCUT2D eigenvalue weighted by Gasteiger charge is 2.24. The number of para-hydroxylation sites is 1. The molecular formula is C24H26N2O3S. The first kappa shape index (κ1) is 21.6. The lowest BCUT2D eigenvalue weighted by Crippen LogP contribution is -2.33. The second kappa shape index (κ2) is 9.13. The van der Waals surface area contributed by atoms with Crippen molar-refractivity contribution < 1.29 is 13.2 Å². The zero-order valence-corrected chi connectivity index (χ0v) is 18.2. The van der Waals surface area contributed by atoms with Gasteiger partial charge in [-0.15, -0.1) is 0 Å². The number of sulfonamides is 1. The number of carbonyl (C=O) groups excluding carboxylic acids is 1. The molecule has 0 unspecified atom stereocenters. The maximum atomic E-state index is 13.1. The first-order valence-corrected chi connectivity index (χ1v) is 11.6. The highest BCUT2D eigenvalue weighted by Crippen LogP contribution is 2.26. The minimum Gasteiger partial charge on any atom is -0.345 e. The van der Waals surface area contributed by atoms with Crippen LogP contribution in [0.5, 0.6) is 0 Å². The van der Waals surface area contributed by atoms with Gasteiger partial charge >= 0.3 is 0 Å². The Labute approximate surface area is 178 Å². The summed E-state index contributed by atoms with van der Waals surface area (Å²) >= 11 is 0. The topological polar surface area (TPSA) is 66.5 Å². The average molecular weight is 423 g/mol. The minimum absolute atomic E-state index is 0.150. The first-order chi connectivity index (χ1) is 14.3. The van der Waals surface area contributed by atoms with Crippen molar-refractivity contribution in [2.24, 2.45) is 0 Å². The molecule has 1 amide bonds. The van der Waals surface area contributed by atoms with Crippen LogP contribution in [0.3, 0.4) is 0 Å². The molecule has 0 aromatic heterocycles. The van der Waals surface area contributed by atoms with E-state index in [0.29, 0.717) is 11.3 Å². The van der Waals surface area contributed by atoms with E-state index in [0.717, 1.165) is 22.9 Å². The third-order valence-corrected chi connectivity index (χ3v) is 6.04. The van der Waals surface area contributed by atoms with Gasteiger partial charge in [-0.1, -0.05) is 72.3 Å². The van der Waals surface area contributed by atoms with E-state index >= 15 is 0 Å². The van der Waals surface area contributed by atoms with Gasteiger partial charge in [-0.25, -0.2) is 8.42 Å². The summed E-state index contributed by atoms with van der Waals surface area (Å²) in [6, 6.07) is 23.8. The smallest absolute Gasteiger partial charge is 0.253 e. The molecule has 0 saturated carbocycles. The number of benzene rings is 3. The molecule has 1 N–H and O–H groups in total. The van der Waals surface area contributed by atoms with E-state index in [9.17, 15) is 13.2 Å². The molecule has 3 aromatic rings. The van der Waals surface area contributed by atoms with Gasteiger partial charge < -0.3 is 5.32 Å². The molecule has 0 radical (unpaired) electrons. The van der Waals surface area contributed by atoms with Gasteiger partial charge in [-0.05, 0) is 37.1 Å². The molecule has 0 bridgehead atoms. The highest BCUT2D eigenvalue weighted by atomic mass is 32.2. The molecule has 0 aliphatic carbocycles. The molecule has 1 atom stereocenters. The van der Waals surface area contributed by atoms with Crippen molar-refractivity contribution in [2.75, 3.05) is 10.6 Å². The Morgan fingerprint density at radius 2 is 1.53 bits per heavy atom. The second-order valence-corrected chi connectivity index (χ2v) is 9.29. The average Bonchev–Trinajstić information content (AvgIpc) is 2.72. The van der Waals surface area contributed by atoms with Crippen molar-refractivity contribution in [2.45, 2.75) is 26.4 Å². The lowest BCUT2D eigenvalue weighted by Gasteiger charge is -2.25. The van der Waals surface area contributed by atoms with Crippen LogP contribution in [0.15, 0.2) is 78.9 Å². The van der Waals surface area contributed by atoms with Crippen LogP contribution < -0.4 is 9.62 Å². The molecule has 30 heavy (non-hydrogen) atoms. The molecule has 156 valence electrons. The zero-order valence-electron chi connectivity index (χ0n) is 17.4. The van der Waals surface area contributed by atoms with Crippen LogP contribution in [0.1, 0.15) is 40.0 Å². The summed E-state index contributed by atoms with van der Waals surface area (Å²) in [5.74, 6) is -0.319. The number of anilines is 1. The normalized spacial score (nSPS) is 12.2. The molecule has 0 saturated heterocycles. The van der Waals surface area contributed by atoms with Crippen LogP contribution in [0, 0.1) is 6.92 Å². The SMILES string of the molecule is Cc1ccc([C@@H](C)NC(=O)c2ccccc2N(Cc2ccccc2)S(C)(=O)=O)cc1. The molecule has 5 nitrogen and oxygen atoms in total. The van der Waals surface area contributed by atoms with E-state index in [1.165, 1.54) is 4.31 Å². The van der Waals surface area contributed by atoms with Crippen molar-refractivity contribution in [3.05, 3.63) is 101 Å². The third-order valence-electron chi connectivity index (χ3n) is 4.91. The fraction of sp³-hybridized carbons (Fsp3) is 0.208. The molecular weight excluding hydrogens is 396 g/mol. The van der Waals surface area contributed by atoms with Crippen molar-refractivity contribution in [3.8, 4) is 0 Å². The van der Waals surface area contributed by atoms with Crippen LogP contribution in [0.4, 0.5) is 5.69 Å². The minimum atomic E-state index is -3.60. The Balaban J connectivity index is 1.91. The fourth-order valence-electron chi connectivity index (χ4n) is 3.23. The molecule has 0 aliphatic heterocycles. The molecule has 0 fully saturated rings. The summed E-state index contributed by atoms with van der Waals surface area (Å²) in [6.45, 7) is 4.07. The summed E-state index contributed by atoms with van der Waals surface area (Å²) in [6.07, 6.45) is 1.15. The van der Waals surface area contributed by atoms with E-state index < -0.39 is 10.0 Å². The summed E-state index contributed by atoms with van der Waals surface area (Å²) < 4.78 is 26.4. The van der Waals surface area contributed by atoms with Crippen LogP contribution in [0.2, 0.25) is 0 Å². The van der Waals surface area contributed by atoms with Gasteiger partial charge in [0.1, 0.15) is 0 Å². The van der Waals surface area contributed by atoms with Crippen molar-refractivity contribution in [1.82, 2.24) is 5.32 Å². The molecule has 0 heterocycles. The van der Waals surface area contributed by atoms with E-state index in [1.54, 1.807) is 24.3 Å². The Kier molecular flexibility index (Phi) is 6.57. The molecule has 6 heteroatoms. The molecule has 3 aromatic carbocycles. The standard InChI is InChI=1S/C24H26N2O3S/c1-18-13-15-21(16-14-18)19(2)25-24(27)22-11-7-8-12-23(22)26(30(3,28)29)17-20-9-5-4-6-10-20/h4-16,19H,17H2,1-3H3,(H,25,27)/t19-/m1/s1. The Bertz CT molecular complexity index is 1110. The molecule has 0 aliphatic rings. The van der Waals surface area contributed by atoms with Crippen LogP contribution in [0.25, 0.3) is 0 Å². The number of rotatable bonds is 7. The number of nitrogens with one attached hydrogen (secondary N) is 1. The fourth-order valence-corrected chi connectivity index (χ4v) is 4.13. The predicted molar refractivity (Wildman–Crippen MR) is 121 cm³/mol. The molecule has 0 spiro atoms. The third kappa shape index (κ3) is 5.27. The van der Waals surface area contributed by atoms with E-state index in [1.807, 2.05) is 68.4 Å². The lowest BCUT2D eigenvalue weighted by molar-refractivity contribution is 0.0940. The van der Waals surface area contributed by atoms with E-state index in [2.05, 4.69) is 5.32 Å². The van der Waals surface area contributed by atoms with Crippen LogP contribution in [-0.2, 0) is 16.6 Å². The number of aryl methyl sites for hydroxylation is 1. The largest absolute Gasteiger partial charge is 0.345 e. The molecule has 3 rings (SSSR count). The number of nitrogens with zero attached hydrogens (tertiary/aromatic N) is 1. The van der Waals surface area contributed by atoms with Crippen molar-refractivity contribution >= 4 is 21.6 Å². The Hall–Kier alpha value is -3.12. The number of hydrogen-bond donors (Lipinski definition) is 1. The van der Waals surface area contributed by atoms with E-state index in [-0.39, 0.29) is 18.5 Å². The van der Waals surface area contributed by atoms with E-state index in [4.69, 9.17) is 0 Å². The maximum absolute atomic E-state index is 13.1. The van der Waals surface area contributed by atoms with Crippen molar-refractivity contribution in [3.63, 3.8) is 0 Å². The highest BCUT2D eigenvalue weighted by molar-refractivity contribution is 7.92. The van der Waals surface area contributed by atoms with Gasteiger partial charge in [-0.3, -0.25) is 9.10 Å². The Morgan fingerprint density at radius 1 is 0.933 bits per heavy atom. The van der Waals surface area contributed by atoms with Crippen LogP contribution >= 0.6 is 0 Å².